The summed E-state index contributed by atoms with van der Waals surface area (Å²) in [7, 11) is 0. The molecule has 1 heterocycles. The minimum Gasteiger partial charge on any atom is -0.504 e. The van der Waals surface area contributed by atoms with Gasteiger partial charge in [-0.25, -0.2) is 0 Å². The lowest BCUT2D eigenvalue weighted by Crippen LogP contribution is -2.45. The molecule has 3 N–H and O–H groups in total. The van der Waals surface area contributed by atoms with Gasteiger partial charge in [0.2, 0.25) is 0 Å². The van der Waals surface area contributed by atoms with Crippen molar-refractivity contribution in [2.75, 3.05) is 13.1 Å². The Morgan fingerprint density at radius 2 is 1.83 bits per heavy atom. The normalized spacial score (nSPS) is 18.7. The van der Waals surface area contributed by atoms with Gasteiger partial charge < -0.3 is 20.2 Å². The summed E-state index contributed by atoms with van der Waals surface area (Å²) in [6, 6.07) is 4.03. The van der Waals surface area contributed by atoms with Crippen LogP contribution >= 0.6 is 0 Å². The van der Waals surface area contributed by atoms with Crippen molar-refractivity contribution in [3.05, 3.63) is 23.8 Å². The van der Waals surface area contributed by atoms with Gasteiger partial charge >= 0.3 is 0 Å². The van der Waals surface area contributed by atoms with Gasteiger partial charge in [0.1, 0.15) is 0 Å². The van der Waals surface area contributed by atoms with Crippen LogP contribution in [-0.2, 0) is 0 Å². The number of likely N-dealkylation sites (tertiary alicyclic amines) is 1. The maximum Gasteiger partial charge on any atom is 0.253 e. The van der Waals surface area contributed by atoms with E-state index in [1.807, 2.05) is 0 Å². The Morgan fingerprint density at radius 3 is 2.39 bits per heavy atom. The number of carbonyl (C=O) groups excluding carboxylic acids is 1. The number of nitrogens with zero attached hydrogens (tertiary/aromatic N) is 1. The summed E-state index contributed by atoms with van der Waals surface area (Å²) in [5.74, 6) is -0.737. The van der Waals surface area contributed by atoms with E-state index in [4.69, 9.17) is 0 Å². The van der Waals surface area contributed by atoms with Crippen LogP contribution in [0.3, 0.4) is 0 Å². The molecule has 5 heteroatoms. The number of aliphatic hydroxyl groups is 1. The van der Waals surface area contributed by atoms with Crippen molar-refractivity contribution < 1.29 is 20.1 Å². The van der Waals surface area contributed by atoms with Crippen molar-refractivity contribution in [2.45, 2.75) is 25.4 Å². The highest BCUT2D eigenvalue weighted by Crippen LogP contribution is 2.27. The molecular weight excluding hydrogens is 234 g/mol. The Morgan fingerprint density at radius 1 is 1.22 bits per heavy atom. The van der Waals surface area contributed by atoms with Crippen LogP contribution in [-0.4, -0.2) is 44.8 Å². The topological polar surface area (TPSA) is 81.0 Å². The Bertz CT molecular complexity index is 460. The van der Waals surface area contributed by atoms with Gasteiger partial charge in [0.05, 0.1) is 5.60 Å². The summed E-state index contributed by atoms with van der Waals surface area (Å²) in [5.41, 5.74) is -0.361. The number of phenols is 2. The highest BCUT2D eigenvalue weighted by Gasteiger charge is 2.30. The van der Waals surface area contributed by atoms with Crippen molar-refractivity contribution in [1.29, 1.82) is 0 Å². The molecule has 0 aliphatic carbocycles. The quantitative estimate of drug-likeness (QED) is 0.652. The van der Waals surface area contributed by atoms with E-state index >= 15 is 0 Å². The Labute approximate surface area is 105 Å². The van der Waals surface area contributed by atoms with Crippen molar-refractivity contribution >= 4 is 5.91 Å². The fourth-order valence-electron chi connectivity index (χ4n) is 2.03. The van der Waals surface area contributed by atoms with E-state index in [2.05, 4.69) is 0 Å². The first kappa shape index (κ1) is 12.7. The average molecular weight is 251 g/mol. The number of phenolic OH excluding ortho intramolecular Hbond substituents is 2. The molecular formula is C13H17NO4. The summed E-state index contributed by atoms with van der Waals surface area (Å²) < 4.78 is 0. The number of carbonyl (C=O) groups is 1. The molecule has 0 spiro atoms. The summed E-state index contributed by atoms with van der Waals surface area (Å²) in [5, 5.41) is 28.4. The van der Waals surface area contributed by atoms with Crippen LogP contribution in [0.5, 0.6) is 11.5 Å². The molecule has 0 saturated carbocycles. The van der Waals surface area contributed by atoms with Gasteiger partial charge in [0.15, 0.2) is 11.5 Å². The van der Waals surface area contributed by atoms with E-state index < -0.39 is 5.60 Å². The summed E-state index contributed by atoms with van der Waals surface area (Å²) in [6.07, 6.45) is 1.09. The SMILES string of the molecule is CC1(O)CCN(C(=O)c2ccc(O)c(O)c2)CC1. The van der Waals surface area contributed by atoms with Crippen molar-refractivity contribution in [3.63, 3.8) is 0 Å². The fraction of sp³-hybridized carbons (Fsp3) is 0.462. The molecule has 1 aliphatic rings. The van der Waals surface area contributed by atoms with Gasteiger partial charge in [-0.05, 0) is 38.0 Å². The van der Waals surface area contributed by atoms with E-state index in [-0.39, 0.29) is 17.4 Å². The third kappa shape index (κ3) is 2.56. The maximum absolute atomic E-state index is 12.1. The molecule has 1 fully saturated rings. The molecule has 1 aliphatic heterocycles. The largest absolute Gasteiger partial charge is 0.504 e. The van der Waals surface area contributed by atoms with Crippen LogP contribution in [0.15, 0.2) is 18.2 Å². The van der Waals surface area contributed by atoms with Gasteiger partial charge in [-0.1, -0.05) is 0 Å². The maximum atomic E-state index is 12.1. The predicted molar refractivity (Wildman–Crippen MR) is 65.5 cm³/mol. The molecule has 1 aromatic carbocycles. The molecule has 0 aromatic heterocycles. The molecule has 5 nitrogen and oxygen atoms in total. The van der Waals surface area contributed by atoms with Crippen LogP contribution in [0.25, 0.3) is 0 Å². The molecule has 0 bridgehead atoms. The highest BCUT2D eigenvalue weighted by atomic mass is 16.3. The van der Waals surface area contributed by atoms with Crippen LogP contribution in [0.4, 0.5) is 0 Å². The second-order valence-electron chi connectivity index (χ2n) is 4.99. The first-order chi connectivity index (χ1) is 8.39. The number of rotatable bonds is 1. The van der Waals surface area contributed by atoms with Gasteiger partial charge in [0, 0.05) is 18.7 Å². The monoisotopic (exact) mass is 251 g/mol. The molecule has 18 heavy (non-hydrogen) atoms. The lowest BCUT2D eigenvalue weighted by molar-refractivity contribution is -0.00203. The molecule has 98 valence electrons. The molecule has 0 radical (unpaired) electrons. The number of piperidine rings is 1. The molecule has 0 atom stereocenters. The zero-order chi connectivity index (χ0) is 13.3. The molecule has 1 amide bonds. The van der Waals surface area contributed by atoms with E-state index in [1.54, 1.807) is 11.8 Å². The van der Waals surface area contributed by atoms with Crippen molar-refractivity contribution in [1.82, 2.24) is 4.90 Å². The standard InChI is InChI=1S/C13H17NO4/c1-13(18)4-6-14(7-5-13)12(17)9-2-3-10(15)11(16)8-9/h2-3,8,15-16,18H,4-7H2,1H3. The smallest absolute Gasteiger partial charge is 0.253 e. The first-order valence-electron chi connectivity index (χ1n) is 5.93. The van der Waals surface area contributed by atoms with Gasteiger partial charge in [-0.15, -0.1) is 0 Å². The lowest BCUT2D eigenvalue weighted by atomic mass is 9.93. The van der Waals surface area contributed by atoms with E-state index in [0.29, 0.717) is 31.5 Å². The minimum absolute atomic E-state index is 0.194. The van der Waals surface area contributed by atoms with Crippen LogP contribution < -0.4 is 0 Å². The zero-order valence-corrected chi connectivity index (χ0v) is 10.3. The third-order valence-electron chi connectivity index (χ3n) is 3.35. The van der Waals surface area contributed by atoms with Crippen LogP contribution in [0.2, 0.25) is 0 Å². The Hall–Kier alpha value is -1.75. The minimum atomic E-state index is -0.701. The fourth-order valence-corrected chi connectivity index (χ4v) is 2.03. The van der Waals surface area contributed by atoms with E-state index in [1.165, 1.54) is 18.2 Å². The number of hydrogen-bond acceptors (Lipinski definition) is 4. The number of benzene rings is 1. The average Bonchev–Trinajstić information content (AvgIpc) is 2.32. The molecule has 0 unspecified atom stereocenters. The van der Waals surface area contributed by atoms with Crippen molar-refractivity contribution in [2.24, 2.45) is 0 Å². The Balaban J connectivity index is 2.10. The second-order valence-corrected chi connectivity index (χ2v) is 4.99. The van der Waals surface area contributed by atoms with Crippen LogP contribution in [0, 0.1) is 0 Å². The second kappa shape index (κ2) is 4.49. The zero-order valence-electron chi connectivity index (χ0n) is 10.3. The number of aromatic hydroxyl groups is 2. The molecule has 2 rings (SSSR count). The molecule has 1 saturated heterocycles. The number of hydrogen-bond donors (Lipinski definition) is 3. The van der Waals surface area contributed by atoms with Gasteiger partial charge in [-0.2, -0.15) is 0 Å². The third-order valence-corrected chi connectivity index (χ3v) is 3.35. The van der Waals surface area contributed by atoms with Gasteiger partial charge in [-0.3, -0.25) is 4.79 Å². The highest BCUT2D eigenvalue weighted by molar-refractivity contribution is 5.95. The summed E-state index contributed by atoms with van der Waals surface area (Å²) in [4.78, 5) is 13.8. The van der Waals surface area contributed by atoms with Crippen LogP contribution in [0.1, 0.15) is 30.1 Å². The van der Waals surface area contributed by atoms with Crippen molar-refractivity contribution in [3.8, 4) is 11.5 Å². The summed E-state index contributed by atoms with van der Waals surface area (Å²) >= 11 is 0. The number of amides is 1. The Kier molecular flexibility index (Phi) is 3.17. The lowest BCUT2D eigenvalue weighted by Gasteiger charge is -2.35. The first-order valence-corrected chi connectivity index (χ1v) is 5.93. The van der Waals surface area contributed by atoms with Gasteiger partial charge in [0.25, 0.3) is 5.91 Å². The van der Waals surface area contributed by atoms with E-state index in [9.17, 15) is 20.1 Å². The molecule has 1 aromatic rings. The predicted octanol–water partition coefficient (Wildman–Crippen LogP) is 1.08. The summed E-state index contributed by atoms with van der Waals surface area (Å²) in [6.45, 7) is 2.75. The van der Waals surface area contributed by atoms with E-state index in [0.717, 1.165) is 0 Å².